The van der Waals surface area contributed by atoms with Crippen molar-refractivity contribution in [2.45, 2.75) is 56.4 Å². The van der Waals surface area contributed by atoms with E-state index in [1.165, 1.54) is 44.7 Å². The van der Waals surface area contributed by atoms with Crippen molar-refractivity contribution in [1.82, 2.24) is 9.62 Å². The van der Waals surface area contributed by atoms with Crippen molar-refractivity contribution >= 4 is 21.6 Å². The summed E-state index contributed by atoms with van der Waals surface area (Å²) in [5, 5.41) is 2.33. The molecule has 27 heavy (non-hydrogen) atoms. The van der Waals surface area contributed by atoms with Crippen LogP contribution in [-0.4, -0.2) is 44.9 Å². The quantitative estimate of drug-likeness (QED) is 0.774. The smallest absolute Gasteiger partial charge is 0.240 e. The Hall–Kier alpha value is -1.51. The molecule has 0 unspecified atom stereocenters. The van der Waals surface area contributed by atoms with Gasteiger partial charge >= 0.3 is 0 Å². The number of amides is 1. The van der Waals surface area contributed by atoms with Crippen molar-refractivity contribution in [3.8, 4) is 0 Å². The lowest BCUT2D eigenvalue weighted by Crippen LogP contribution is -2.42. The Balaban J connectivity index is 1.53. The average Bonchev–Trinajstić information content (AvgIpc) is 3.16. The fraction of sp³-hybridized carbons (Fsp3) is 0.632. The SMILES string of the molecule is CC(=O)Nc1ccc(S(=O)(=O)NCC2CCN(C3CCCC3)CC2)cc1F. The van der Waals surface area contributed by atoms with E-state index in [2.05, 4.69) is 14.9 Å². The van der Waals surface area contributed by atoms with Crippen LogP contribution in [0.5, 0.6) is 0 Å². The van der Waals surface area contributed by atoms with Gasteiger partial charge in [0.2, 0.25) is 15.9 Å². The number of hydrogen-bond donors (Lipinski definition) is 2. The van der Waals surface area contributed by atoms with Gasteiger partial charge in [0, 0.05) is 19.5 Å². The fourth-order valence-corrected chi connectivity index (χ4v) is 5.18. The van der Waals surface area contributed by atoms with Crippen LogP contribution in [0.2, 0.25) is 0 Å². The number of carbonyl (C=O) groups excluding carboxylic acids is 1. The van der Waals surface area contributed by atoms with Crippen molar-refractivity contribution in [2.24, 2.45) is 5.92 Å². The molecule has 6 nitrogen and oxygen atoms in total. The number of nitrogens with one attached hydrogen (secondary N) is 2. The zero-order valence-electron chi connectivity index (χ0n) is 15.7. The zero-order valence-corrected chi connectivity index (χ0v) is 16.5. The van der Waals surface area contributed by atoms with E-state index in [0.717, 1.165) is 32.0 Å². The van der Waals surface area contributed by atoms with Crippen molar-refractivity contribution in [3.63, 3.8) is 0 Å². The maximum Gasteiger partial charge on any atom is 0.240 e. The Labute approximate surface area is 160 Å². The number of likely N-dealkylation sites (tertiary alicyclic amines) is 1. The Morgan fingerprint density at radius 2 is 1.85 bits per heavy atom. The van der Waals surface area contributed by atoms with Crippen LogP contribution in [0.15, 0.2) is 23.1 Å². The van der Waals surface area contributed by atoms with Crippen LogP contribution in [0.1, 0.15) is 45.4 Å². The summed E-state index contributed by atoms with van der Waals surface area (Å²) in [4.78, 5) is 13.4. The number of sulfonamides is 1. The Kier molecular flexibility index (Phi) is 6.49. The lowest BCUT2D eigenvalue weighted by molar-refractivity contribution is -0.114. The van der Waals surface area contributed by atoms with Gasteiger partial charge in [-0.15, -0.1) is 0 Å². The molecule has 0 aromatic heterocycles. The predicted octanol–water partition coefficient (Wildman–Crippen LogP) is 2.72. The highest BCUT2D eigenvalue weighted by atomic mass is 32.2. The minimum Gasteiger partial charge on any atom is -0.324 e. The molecule has 0 radical (unpaired) electrons. The molecule has 1 aromatic carbocycles. The second-order valence-corrected chi connectivity index (χ2v) is 9.36. The summed E-state index contributed by atoms with van der Waals surface area (Å²) in [5.41, 5.74) is -0.0271. The summed E-state index contributed by atoms with van der Waals surface area (Å²) >= 11 is 0. The topological polar surface area (TPSA) is 78.5 Å². The first-order valence-electron chi connectivity index (χ1n) is 9.66. The molecule has 2 aliphatic rings. The molecule has 1 aliphatic heterocycles. The van der Waals surface area contributed by atoms with Crippen LogP contribution < -0.4 is 10.0 Å². The number of benzene rings is 1. The normalized spacial score (nSPS) is 20.1. The molecule has 0 atom stereocenters. The first-order chi connectivity index (χ1) is 12.8. The average molecular weight is 398 g/mol. The van der Waals surface area contributed by atoms with Gasteiger partial charge in [0.25, 0.3) is 0 Å². The van der Waals surface area contributed by atoms with Gasteiger partial charge in [-0.25, -0.2) is 17.5 Å². The number of carbonyl (C=O) groups is 1. The lowest BCUT2D eigenvalue weighted by Gasteiger charge is -2.36. The molecule has 3 rings (SSSR count). The molecule has 1 aliphatic carbocycles. The highest BCUT2D eigenvalue weighted by molar-refractivity contribution is 7.89. The first-order valence-corrected chi connectivity index (χ1v) is 11.1. The van der Waals surface area contributed by atoms with E-state index in [1.807, 2.05) is 0 Å². The third-order valence-corrected chi connectivity index (χ3v) is 7.04. The molecule has 1 heterocycles. The molecule has 1 amide bonds. The largest absolute Gasteiger partial charge is 0.324 e. The number of halogens is 1. The van der Waals surface area contributed by atoms with E-state index in [9.17, 15) is 17.6 Å². The van der Waals surface area contributed by atoms with Gasteiger partial charge in [0.1, 0.15) is 5.82 Å². The minimum absolute atomic E-state index is 0.0271. The number of anilines is 1. The second kappa shape index (κ2) is 8.67. The summed E-state index contributed by atoms with van der Waals surface area (Å²) in [6.07, 6.45) is 7.18. The van der Waals surface area contributed by atoms with Gasteiger partial charge in [0.05, 0.1) is 10.6 Å². The van der Waals surface area contributed by atoms with Crippen LogP contribution in [0.4, 0.5) is 10.1 Å². The van der Waals surface area contributed by atoms with Gasteiger partial charge in [0.15, 0.2) is 0 Å². The maximum absolute atomic E-state index is 14.0. The monoisotopic (exact) mass is 397 g/mol. The second-order valence-electron chi connectivity index (χ2n) is 7.59. The van der Waals surface area contributed by atoms with E-state index < -0.39 is 21.7 Å². The Bertz CT molecular complexity index is 770. The molecular formula is C19H28FN3O3S. The zero-order chi connectivity index (χ0) is 19.4. The van der Waals surface area contributed by atoms with Gasteiger partial charge in [-0.2, -0.15) is 0 Å². The molecule has 2 fully saturated rings. The highest BCUT2D eigenvalue weighted by Crippen LogP contribution is 2.28. The fourth-order valence-electron chi connectivity index (χ4n) is 4.06. The molecule has 8 heteroatoms. The molecule has 2 N–H and O–H groups in total. The third-order valence-electron chi connectivity index (χ3n) is 5.61. The van der Waals surface area contributed by atoms with Crippen molar-refractivity contribution in [1.29, 1.82) is 0 Å². The summed E-state index contributed by atoms with van der Waals surface area (Å²) in [7, 11) is -3.77. The van der Waals surface area contributed by atoms with E-state index in [-0.39, 0.29) is 10.6 Å². The minimum atomic E-state index is -3.77. The summed E-state index contributed by atoms with van der Waals surface area (Å²) in [6.45, 7) is 3.69. The van der Waals surface area contributed by atoms with Gasteiger partial charge in [-0.3, -0.25) is 4.79 Å². The number of nitrogens with zero attached hydrogens (tertiary/aromatic N) is 1. The summed E-state index contributed by atoms with van der Waals surface area (Å²) < 4.78 is 41.5. The number of rotatable bonds is 6. The van der Waals surface area contributed by atoms with Crippen LogP contribution in [0.25, 0.3) is 0 Å². The summed E-state index contributed by atoms with van der Waals surface area (Å²) in [5.74, 6) is -0.870. The number of hydrogen-bond acceptors (Lipinski definition) is 4. The van der Waals surface area contributed by atoms with E-state index in [0.29, 0.717) is 18.5 Å². The highest BCUT2D eigenvalue weighted by Gasteiger charge is 2.28. The van der Waals surface area contributed by atoms with Gasteiger partial charge in [-0.1, -0.05) is 12.8 Å². The van der Waals surface area contributed by atoms with Gasteiger partial charge in [-0.05, 0) is 62.9 Å². The van der Waals surface area contributed by atoms with Crippen LogP contribution >= 0.6 is 0 Å². The Morgan fingerprint density at radius 1 is 1.19 bits per heavy atom. The molecule has 150 valence electrons. The van der Waals surface area contributed by atoms with Crippen molar-refractivity contribution in [3.05, 3.63) is 24.0 Å². The van der Waals surface area contributed by atoms with Crippen LogP contribution in [0, 0.1) is 11.7 Å². The van der Waals surface area contributed by atoms with Crippen molar-refractivity contribution in [2.75, 3.05) is 25.0 Å². The van der Waals surface area contributed by atoms with Crippen LogP contribution in [-0.2, 0) is 14.8 Å². The molecule has 0 spiro atoms. The lowest BCUT2D eigenvalue weighted by atomic mass is 9.96. The molecular weight excluding hydrogens is 369 g/mol. The van der Waals surface area contributed by atoms with E-state index in [4.69, 9.17) is 0 Å². The standard InChI is InChI=1S/C19H28FN3O3S/c1-14(24)22-19-7-6-17(12-18(19)20)27(25,26)21-13-15-8-10-23(11-9-15)16-4-2-3-5-16/h6-7,12,15-16,21H,2-5,8-11,13H2,1H3,(H,22,24). The van der Waals surface area contributed by atoms with E-state index >= 15 is 0 Å². The molecule has 1 aromatic rings. The number of piperidine rings is 1. The summed E-state index contributed by atoms with van der Waals surface area (Å²) in [6, 6.07) is 4.23. The first kappa shape index (κ1) is 20.2. The van der Waals surface area contributed by atoms with E-state index in [1.54, 1.807) is 0 Å². The maximum atomic E-state index is 14.0. The van der Waals surface area contributed by atoms with Crippen LogP contribution in [0.3, 0.4) is 0 Å². The molecule has 1 saturated heterocycles. The molecule has 1 saturated carbocycles. The van der Waals surface area contributed by atoms with Gasteiger partial charge < -0.3 is 10.2 Å². The Morgan fingerprint density at radius 3 is 2.44 bits per heavy atom. The third kappa shape index (κ3) is 5.27. The predicted molar refractivity (Wildman–Crippen MR) is 102 cm³/mol. The molecule has 0 bridgehead atoms. The van der Waals surface area contributed by atoms with Crippen molar-refractivity contribution < 1.29 is 17.6 Å².